The SMILES string of the molecule is C1=[N+](Cc2ccccc2)CC[CH-]CC1. The molecule has 74 valence electrons. The lowest BCUT2D eigenvalue weighted by atomic mass is 10.2. The minimum Gasteiger partial charge on any atom is -0.322 e. The van der Waals surface area contributed by atoms with Crippen LogP contribution in [0.15, 0.2) is 30.3 Å². The van der Waals surface area contributed by atoms with Crippen LogP contribution in [0.2, 0.25) is 0 Å². The van der Waals surface area contributed by atoms with Gasteiger partial charge in [0.2, 0.25) is 0 Å². The van der Waals surface area contributed by atoms with E-state index in [1.54, 1.807) is 0 Å². The highest BCUT2D eigenvalue weighted by atomic mass is 15.0. The van der Waals surface area contributed by atoms with Gasteiger partial charge in [-0.1, -0.05) is 30.3 Å². The van der Waals surface area contributed by atoms with Crippen molar-refractivity contribution in [3.05, 3.63) is 42.3 Å². The number of hydrogen-bond acceptors (Lipinski definition) is 0. The van der Waals surface area contributed by atoms with Crippen LogP contribution >= 0.6 is 0 Å². The van der Waals surface area contributed by atoms with E-state index in [1.807, 2.05) is 0 Å². The van der Waals surface area contributed by atoms with Crippen LogP contribution in [-0.4, -0.2) is 17.3 Å². The van der Waals surface area contributed by atoms with Crippen LogP contribution in [0.25, 0.3) is 0 Å². The zero-order chi connectivity index (χ0) is 9.64. The molecule has 0 amide bonds. The molecule has 1 aliphatic rings. The van der Waals surface area contributed by atoms with Gasteiger partial charge in [0, 0.05) is 5.56 Å². The van der Waals surface area contributed by atoms with E-state index in [2.05, 4.69) is 47.5 Å². The largest absolute Gasteiger partial charge is 0.322 e. The molecule has 0 saturated heterocycles. The lowest BCUT2D eigenvalue weighted by Gasteiger charge is -2.04. The van der Waals surface area contributed by atoms with E-state index in [1.165, 1.54) is 31.4 Å². The Kier molecular flexibility index (Phi) is 3.33. The standard InChI is InChI=1S/C13H17N/c1-2-7-11-14(10-6-1)12-13-8-4-3-5-9-13/h1,3-5,8-9,11H,2,6-7,10,12H2. The molecule has 0 N–H and O–H groups in total. The number of hydrogen-bond donors (Lipinski definition) is 0. The third-order valence-corrected chi connectivity index (χ3v) is 2.61. The molecule has 0 fully saturated rings. The highest BCUT2D eigenvalue weighted by molar-refractivity contribution is 5.51. The highest BCUT2D eigenvalue weighted by Crippen LogP contribution is 2.06. The Balaban J connectivity index is 1.99. The summed E-state index contributed by atoms with van der Waals surface area (Å²) in [6.07, 6.45) is 8.40. The normalized spacial score (nSPS) is 17.3. The van der Waals surface area contributed by atoms with E-state index in [0.29, 0.717) is 0 Å². The van der Waals surface area contributed by atoms with E-state index >= 15 is 0 Å². The summed E-state index contributed by atoms with van der Waals surface area (Å²) in [5, 5.41) is 0. The van der Waals surface area contributed by atoms with Crippen molar-refractivity contribution in [3.8, 4) is 0 Å². The van der Waals surface area contributed by atoms with Crippen LogP contribution in [0.4, 0.5) is 0 Å². The molecule has 1 nitrogen and oxygen atoms in total. The fourth-order valence-corrected chi connectivity index (χ4v) is 1.83. The summed E-state index contributed by atoms with van der Waals surface area (Å²) in [5.41, 5.74) is 1.41. The van der Waals surface area contributed by atoms with Gasteiger partial charge in [-0.2, -0.15) is 6.42 Å². The van der Waals surface area contributed by atoms with Crippen LogP contribution in [0, 0.1) is 6.42 Å². The zero-order valence-corrected chi connectivity index (χ0v) is 8.52. The van der Waals surface area contributed by atoms with Crippen LogP contribution < -0.4 is 0 Å². The summed E-state index contributed by atoms with van der Waals surface area (Å²) < 4.78 is 2.43. The first-order valence-electron chi connectivity index (χ1n) is 5.38. The Morgan fingerprint density at radius 2 is 2.00 bits per heavy atom. The molecule has 0 atom stereocenters. The van der Waals surface area contributed by atoms with Crippen molar-refractivity contribution in [2.75, 3.05) is 6.54 Å². The average molecular weight is 187 g/mol. The first kappa shape index (κ1) is 9.45. The van der Waals surface area contributed by atoms with Crippen molar-refractivity contribution in [2.24, 2.45) is 0 Å². The van der Waals surface area contributed by atoms with Crippen molar-refractivity contribution < 1.29 is 4.58 Å². The maximum atomic E-state index is 2.43. The molecule has 0 saturated carbocycles. The second-order valence-corrected chi connectivity index (χ2v) is 3.79. The number of rotatable bonds is 2. The van der Waals surface area contributed by atoms with Crippen molar-refractivity contribution in [1.29, 1.82) is 0 Å². The minimum atomic E-state index is 1.06. The summed E-state index contributed by atoms with van der Waals surface area (Å²) in [6, 6.07) is 10.7. The van der Waals surface area contributed by atoms with Gasteiger partial charge in [-0.3, -0.25) is 0 Å². The molecule has 0 aliphatic carbocycles. The monoisotopic (exact) mass is 187 g/mol. The Labute approximate surface area is 86.1 Å². The Morgan fingerprint density at radius 1 is 1.14 bits per heavy atom. The molecule has 0 bridgehead atoms. The van der Waals surface area contributed by atoms with Gasteiger partial charge in [0.05, 0.1) is 0 Å². The van der Waals surface area contributed by atoms with Crippen LogP contribution in [0.1, 0.15) is 24.8 Å². The summed E-state index contributed by atoms with van der Waals surface area (Å²) >= 11 is 0. The van der Waals surface area contributed by atoms with Crippen molar-refractivity contribution in [3.63, 3.8) is 0 Å². The van der Waals surface area contributed by atoms with Gasteiger partial charge >= 0.3 is 0 Å². The maximum Gasteiger partial charge on any atom is 0.167 e. The van der Waals surface area contributed by atoms with Crippen molar-refractivity contribution >= 4 is 6.21 Å². The van der Waals surface area contributed by atoms with Gasteiger partial charge in [0.1, 0.15) is 12.8 Å². The van der Waals surface area contributed by atoms with Gasteiger partial charge in [-0.25, -0.2) is 4.58 Å². The molecule has 2 rings (SSSR count). The van der Waals surface area contributed by atoms with Crippen LogP contribution in [0.5, 0.6) is 0 Å². The lowest BCUT2D eigenvalue weighted by Crippen LogP contribution is -2.12. The van der Waals surface area contributed by atoms with E-state index in [9.17, 15) is 0 Å². The molecular formula is C13H17N. The molecule has 0 spiro atoms. The molecule has 0 aromatic heterocycles. The topological polar surface area (TPSA) is 3.01 Å². The van der Waals surface area contributed by atoms with Crippen molar-refractivity contribution in [1.82, 2.24) is 0 Å². The molecule has 0 unspecified atom stereocenters. The molecule has 1 heteroatoms. The third kappa shape index (κ3) is 2.69. The average Bonchev–Trinajstić information content (AvgIpc) is 2.48. The summed E-state index contributed by atoms with van der Waals surface area (Å²) in [4.78, 5) is 0. The fraction of sp³-hybridized carbons (Fsp3) is 0.385. The highest BCUT2D eigenvalue weighted by Gasteiger charge is 2.04. The van der Waals surface area contributed by atoms with E-state index < -0.39 is 0 Å². The quantitative estimate of drug-likeness (QED) is 0.494. The number of nitrogens with zero attached hydrogens (tertiary/aromatic N) is 1. The van der Waals surface area contributed by atoms with Crippen LogP contribution in [-0.2, 0) is 6.54 Å². The van der Waals surface area contributed by atoms with Gasteiger partial charge in [0.15, 0.2) is 6.54 Å². The molecule has 1 heterocycles. The van der Waals surface area contributed by atoms with Gasteiger partial charge in [-0.05, 0) is 6.42 Å². The Morgan fingerprint density at radius 3 is 2.86 bits per heavy atom. The molecule has 1 aliphatic heterocycles. The smallest absolute Gasteiger partial charge is 0.167 e. The predicted octanol–water partition coefficient (Wildman–Crippen LogP) is 2.66. The van der Waals surface area contributed by atoms with E-state index in [0.717, 1.165) is 6.54 Å². The lowest BCUT2D eigenvalue weighted by molar-refractivity contribution is -0.539. The molecule has 1 aromatic rings. The second kappa shape index (κ2) is 4.94. The predicted molar refractivity (Wildman–Crippen MR) is 59.5 cm³/mol. The number of benzene rings is 1. The molecule has 0 radical (unpaired) electrons. The third-order valence-electron chi connectivity index (χ3n) is 2.61. The van der Waals surface area contributed by atoms with E-state index in [-0.39, 0.29) is 0 Å². The van der Waals surface area contributed by atoms with Gasteiger partial charge < -0.3 is 6.42 Å². The summed E-state index contributed by atoms with van der Waals surface area (Å²) in [7, 11) is 0. The van der Waals surface area contributed by atoms with E-state index in [4.69, 9.17) is 0 Å². The first-order chi connectivity index (χ1) is 6.95. The molecule has 14 heavy (non-hydrogen) atoms. The molecular weight excluding hydrogens is 170 g/mol. The Bertz CT molecular complexity index is 300. The van der Waals surface area contributed by atoms with Crippen molar-refractivity contribution in [2.45, 2.75) is 25.8 Å². The zero-order valence-electron chi connectivity index (χ0n) is 8.52. The summed E-state index contributed by atoms with van der Waals surface area (Å²) in [6.45, 7) is 2.24. The first-order valence-corrected chi connectivity index (χ1v) is 5.38. The Hall–Kier alpha value is -1.11. The van der Waals surface area contributed by atoms with Gasteiger partial charge in [0.25, 0.3) is 0 Å². The van der Waals surface area contributed by atoms with Gasteiger partial charge in [-0.15, -0.1) is 6.42 Å². The van der Waals surface area contributed by atoms with Crippen LogP contribution in [0.3, 0.4) is 0 Å². The summed E-state index contributed by atoms with van der Waals surface area (Å²) in [5.74, 6) is 0. The molecule has 1 aromatic carbocycles. The maximum absolute atomic E-state index is 2.43. The fourth-order valence-electron chi connectivity index (χ4n) is 1.83. The minimum absolute atomic E-state index is 1.06. The second-order valence-electron chi connectivity index (χ2n) is 3.79.